The lowest BCUT2D eigenvalue weighted by molar-refractivity contribution is 0.209. The molecule has 19 heavy (non-hydrogen) atoms. The first-order valence-electron chi connectivity index (χ1n) is 5.96. The Hall–Kier alpha value is -2.41. The second-order valence-electron chi connectivity index (χ2n) is 4.30. The molecule has 1 aliphatic rings. The van der Waals surface area contributed by atoms with Crippen LogP contribution in [0.15, 0.2) is 24.5 Å². The number of rotatable bonds is 2. The third-order valence-corrected chi connectivity index (χ3v) is 3.05. The van der Waals surface area contributed by atoms with Crippen LogP contribution in [0.25, 0.3) is 0 Å². The topological polar surface area (TPSA) is 103 Å². The van der Waals surface area contributed by atoms with E-state index in [2.05, 4.69) is 25.6 Å². The number of nitrogens with one attached hydrogen (secondary N) is 3. The summed E-state index contributed by atoms with van der Waals surface area (Å²) < 4.78 is 0. The number of nitrogens with zero attached hydrogens (tertiary/aromatic N) is 2. The van der Waals surface area contributed by atoms with E-state index in [9.17, 15) is 4.79 Å². The number of aromatic nitrogens is 3. The number of aromatic amines is 1. The van der Waals surface area contributed by atoms with Crippen molar-refractivity contribution in [1.82, 2.24) is 20.3 Å². The van der Waals surface area contributed by atoms with Gasteiger partial charge < -0.3 is 15.4 Å². The van der Waals surface area contributed by atoms with E-state index in [1.54, 1.807) is 12.4 Å². The number of carbonyl (C=O) groups is 1. The highest BCUT2D eigenvalue weighted by molar-refractivity contribution is 5.80. The molecular weight excluding hydrogens is 246 g/mol. The highest BCUT2D eigenvalue weighted by Gasteiger charge is 2.25. The zero-order valence-corrected chi connectivity index (χ0v) is 10.1. The summed E-state index contributed by atoms with van der Waals surface area (Å²) in [5.41, 5.74) is 2.79. The van der Waals surface area contributed by atoms with Crippen molar-refractivity contribution in [3.05, 3.63) is 41.5 Å². The smallest absolute Gasteiger partial charge is 0.411 e. The van der Waals surface area contributed by atoms with Crippen molar-refractivity contribution in [2.24, 2.45) is 0 Å². The first-order chi connectivity index (χ1) is 9.24. The molecule has 1 amide bonds. The lowest BCUT2D eigenvalue weighted by Gasteiger charge is -2.22. The third kappa shape index (κ3) is 2.27. The third-order valence-electron chi connectivity index (χ3n) is 3.05. The Morgan fingerprint density at radius 1 is 1.53 bits per heavy atom. The van der Waals surface area contributed by atoms with Gasteiger partial charge in [0.15, 0.2) is 0 Å². The molecule has 7 nitrogen and oxygen atoms in total. The molecule has 0 fully saturated rings. The summed E-state index contributed by atoms with van der Waals surface area (Å²) in [6.45, 7) is 0.807. The summed E-state index contributed by atoms with van der Waals surface area (Å²) >= 11 is 0. The van der Waals surface area contributed by atoms with Crippen LogP contribution in [0.3, 0.4) is 0 Å². The van der Waals surface area contributed by atoms with Crippen molar-refractivity contribution >= 4 is 12.0 Å². The highest BCUT2D eigenvalue weighted by atomic mass is 16.4. The van der Waals surface area contributed by atoms with Crippen molar-refractivity contribution in [3.63, 3.8) is 0 Å². The summed E-state index contributed by atoms with van der Waals surface area (Å²) in [5.74, 6) is 0.259. The van der Waals surface area contributed by atoms with Gasteiger partial charge in [0.25, 0.3) is 0 Å². The van der Waals surface area contributed by atoms with Crippen molar-refractivity contribution < 1.29 is 9.90 Å². The molecular formula is C12H13N5O2. The fourth-order valence-electron chi connectivity index (χ4n) is 2.27. The van der Waals surface area contributed by atoms with E-state index in [1.807, 2.05) is 12.1 Å². The average Bonchev–Trinajstić information content (AvgIpc) is 2.80. The van der Waals surface area contributed by atoms with Gasteiger partial charge in [0, 0.05) is 31.1 Å². The maximum absolute atomic E-state index is 10.6. The maximum atomic E-state index is 10.6. The standard InChI is InChI=1S/C12H13N5O2/c18-12(19)17-11-15-8-3-5-14-9(10(8)16-11)7-2-1-4-13-6-7/h1-2,4,6,9,14H,3,5H2,(H,18,19)(H2,15,16,17). The van der Waals surface area contributed by atoms with E-state index < -0.39 is 6.09 Å². The van der Waals surface area contributed by atoms with E-state index >= 15 is 0 Å². The molecule has 1 aliphatic heterocycles. The second kappa shape index (κ2) is 4.69. The number of carboxylic acid groups (broad SMARTS) is 1. The normalized spacial score (nSPS) is 17.8. The molecule has 1 atom stereocenters. The minimum absolute atomic E-state index is 0.0574. The molecule has 2 aromatic rings. The highest BCUT2D eigenvalue weighted by Crippen LogP contribution is 2.27. The van der Waals surface area contributed by atoms with Crippen molar-refractivity contribution in [2.75, 3.05) is 11.9 Å². The molecule has 0 saturated heterocycles. The molecule has 0 aromatic carbocycles. The Kier molecular flexibility index (Phi) is 2.88. The van der Waals surface area contributed by atoms with E-state index in [0.29, 0.717) is 0 Å². The number of anilines is 1. The van der Waals surface area contributed by atoms with Gasteiger partial charge in [-0.15, -0.1) is 0 Å². The van der Waals surface area contributed by atoms with Gasteiger partial charge in [0.1, 0.15) is 0 Å². The van der Waals surface area contributed by atoms with Crippen molar-refractivity contribution in [2.45, 2.75) is 12.5 Å². The molecule has 0 aliphatic carbocycles. The Labute approximate surface area is 109 Å². The number of amides is 1. The Morgan fingerprint density at radius 2 is 2.42 bits per heavy atom. The minimum Gasteiger partial charge on any atom is -0.465 e. The van der Waals surface area contributed by atoms with Crippen LogP contribution in [0, 0.1) is 0 Å². The zero-order chi connectivity index (χ0) is 13.2. The van der Waals surface area contributed by atoms with Crippen LogP contribution >= 0.6 is 0 Å². The zero-order valence-electron chi connectivity index (χ0n) is 10.1. The van der Waals surface area contributed by atoms with Crippen LogP contribution in [0.1, 0.15) is 23.0 Å². The first-order valence-corrected chi connectivity index (χ1v) is 5.96. The van der Waals surface area contributed by atoms with Gasteiger partial charge in [0.05, 0.1) is 11.7 Å². The molecule has 4 N–H and O–H groups in total. The van der Waals surface area contributed by atoms with Gasteiger partial charge in [0.2, 0.25) is 5.95 Å². The van der Waals surface area contributed by atoms with Crippen LogP contribution < -0.4 is 10.6 Å². The minimum atomic E-state index is -1.13. The van der Waals surface area contributed by atoms with Gasteiger partial charge in [-0.3, -0.25) is 10.3 Å². The molecule has 0 bridgehead atoms. The molecule has 7 heteroatoms. The Balaban J connectivity index is 1.95. The Morgan fingerprint density at radius 3 is 3.16 bits per heavy atom. The number of pyridine rings is 1. The largest absolute Gasteiger partial charge is 0.465 e. The summed E-state index contributed by atoms with van der Waals surface area (Å²) in [6, 6.07) is 3.78. The number of fused-ring (bicyclic) bond motifs is 1. The molecule has 2 aromatic heterocycles. The number of H-pyrrole nitrogens is 1. The lowest BCUT2D eigenvalue weighted by Crippen LogP contribution is -2.30. The molecule has 0 spiro atoms. The van der Waals surface area contributed by atoms with Gasteiger partial charge >= 0.3 is 6.09 Å². The summed E-state index contributed by atoms with van der Waals surface area (Å²) in [4.78, 5) is 22.0. The Bertz CT molecular complexity index is 595. The predicted molar refractivity (Wildman–Crippen MR) is 68.0 cm³/mol. The fourth-order valence-corrected chi connectivity index (χ4v) is 2.27. The average molecular weight is 259 g/mol. The quantitative estimate of drug-likeness (QED) is 0.647. The first kappa shape index (κ1) is 11.7. The van der Waals surface area contributed by atoms with E-state index in [1.165, 1.54) is 0 Å². The van der Waals surface area contributed by atoms with E-state index in [4.69, 9.17) is 5.11 Å². The van der Waals surface area contributed by atoms with Crippen molar-refractivity contribution in [1.29, 1.82) is 0 Å². The maximum Gasteiger partial charge on any atom is 0.411 e. The molecule has 0 radical (unpaired) electrons. The fraction of sp³-hybridized carbons (Fsp3) is 0.250. The van der Waals surface area contributed by atoms with Gasteiger partial charge in [-0.25, -0.2) is 9.78 Å². The monoisotopic (exact) mass is 259 g/mol. The van der Waals surface area contributed by atoms with Crippen LogP contribution in [0.5, 0.6) is 0 Å². The van der Waals surface area contributed by atoms with Gasteiger partial charge in [-0.05, 0) is 11.6 Å². The van der Waals surface area contributed by atoms with Gasteiger partial charge in [-0.1, -0.05) is 6.07 Å². The predicted octanol–water partition coefficient (Wildman–Crippen LogP) is 1.13. The second-order valence-corrected chi connectivity index (χ2v) is 4.30. The summed E-state index contributed by atoms with van der Waals surface area (Å²) in [7, 11) is 0. The summed E-state index contributed by atoms with van der Waals surface area (Å²) in [5, 5.41) is 14.3. The van der Waals surface area contributed by atoms with E-state index in [-0.39, 0.29) is 12.0 Å². The molecule has 3 rings (SSSR count). The van der Waals surface area contributed by atoms with Crippen LogP contribution in [-0.2, 0) is 6.42 Å². The van der Waals surface area contributed by atoms with E-state index in [0.717, 1.165) is 29.9 Å². The van der Waals surface area contributed by atoms with Crippen molar-refractivity contribution in [3.8, 4) is 0 Å². The summed E-state index contributed by atoms with van der Waals surface area (Å²) in [6.07, 6.45) is 3.17. The molecule has 0 saturated carbocycles. The molecule has 3 heterocycles. The van der Waals surface area contributed by atoms with Crippen LogP contribution in [-0.4, -0.2) is 32.7 Å². The van der Waals surface area contributed by atoms with Crippen LogP contribution in [0.2, 0.25) is 0 Å². The van der Waals surface area contributed by atoms with Crippen LogP contribution in [0.4, 0.5) is 10.7 Å². The van der Waals surface area contributed by atoms with Gasteiger partial charge in [-0.2, -0.15) is 0 Å². The number of hydrogen-bond donors (Lipinski definition) is 4. The molecule has 98 valence electrons. The SMILES string of the molecule is O=C(O)Nc1nc2c([nH]1)CCNC2c1cccnc1. The number of hydrogen-bond acceptors (Lipinski definition) is 4. The lowest BCUT2D eigenvalue weighted by atomic mass is 10.00. The molecule has 1 unspecified atom stereocenters. The number of imidazole rings is 1.